The Labute approximate surface area is 177 Å². The number of hydrogen-bond acceptors (Lipinski definition) is 5. The van der Waals surface area contributed by atoms with Crippen molar-refractivity contribution in [3.05, 3.63) is 101 Å². The van der Waals surface area contributed by atoms with Gasteiger partial charge in [-0.15, -0.1) is 0 Å². The maximum atomic E-state index is 13.2. The quantitative estimate of drug-likeness (QED) is 0.651. The molecule has 7 nitrogen and oxygen atoms in total. The maximum absolute atomic E-state index is 13.2. The lowest BCUT2D eigenvalue weighted by Crippen LogP contribution is -2.30. The first-order chi connectivity index (χ1) is 15.1. The molecule has 2 heterocycles. The normalized spacial score (nSPS) is 17.8. The van der Waals surface area contributed by atoms with Crippen LogP contribution >= 0.6 is 0 Å². The molecule has 0 saturated carbocycles. The molecule has 2 N–H and O–H groups in total. The molecule has 0 bridgehead atoms. The van der Waals surface area contributed by atoms with Gasteiger partial charge in [0.05, 0.1) is 5.69 Å². The van der Waals surface area contributed by atoms with Gasteiger partial charge in [-0.1, -0.05) is 60.7 Å². The van der Waals surface area contributed by atoms with E-state index in [9.17, 15) is 14.7 Å². The molecular formula is C24H16N4O3. The third-order valence-electron chi connectivity index (χ3n) is 4.91. The molecular weight excluding hydrogens is 392 g/mol. The minimum Gasteiger partial charge on any atom is -0.508 e. The molecule has 7 heteroatoms. The van der Waals surface area contributed by atoms with E-state index in [4.69, 9.17) is 0 Å². The Morgan fingerprint density at radius 3 is 2.39 bits per heavy atom. The number of carbonyl (C=O) groups excluding carboxylic acids is 2. The summed E-state index contributed by atoms with van der Waals surface area (Å²) in [5.74, 6) is -0.360. The number of phenolic OH excluding ortho intramolecular Hbond substituents is 1. The number of rotatable bonds is 3. The first-order valence-corrected chi connectivity index (χ1v) is 9.59. The average molecular weight is 408 g/mol. The third-order valence-corrected chi connectivity index (χ3v) is 4.91. The zero-order valence-electron chi connectivity index (χ0n) is 16.2. The summed E-state index contributed by atoms with van der Waals surface area (Å²) < 4.78 is 0. The number of fused-ring (bicyclic) bond motifs is 1. The number of anilines is 1. The molecule has 0 radical (unpaired) electrons. The van der Waals surface area contributed by atoms with Gasteiger partial charge in [0, 0.05) is 11.1 Å². The molecule has 5 rings (SSSR count). The topological polar surface area (TPSA) is 94.4 Å². The fourth-order valence-electron chi connectivity index (χ4n) is 3.40. The molecule has 0 spiro atoms. The Kier molecular flexibility index (Phi) is 4.41. The predicted octanol–water partition coefficient (Wildman–Crippen LogP) is 3.38. The molecule has 2 aliphatic rings. The van der Waals surface area contributed by atoms with E-state index < -0.39 is 5.91 Å². The summed E-state index contributed by atoms with van der Waals surface area (Å²) in [6, 6.07) is 22.8. The van der Waals surface area contributed by atoms with E-state index in [1.54, 1.807) is 30.3 Å². The Hall–Kier alpha value is -4.52. The monoisotopic (exact) mass is 408 g/mol. The third kappa shape index (κ3) is 3.38. The van der Waals surface area contributed by atoms with Crippen LogP contribution in [0.4, 0.5) is 5.69 Å². The molecule has 2 aliphatic heterocycles. The van der Waals surface area contributed by atoms with Crippen LogP contribution in [0.15, 0.2) is 94.7 Å². The van der Waals surface area contributed by atoms with Crippen molar-refractivity contribution in [1.29, 1.82) is 0 Å². The molecule has 150 valence electrons. The number of carbonyl (C=O) groups is 2. The zero-order chi connectivity index (χ0) is 21.4. The van der Waals surface area contributed by atoms with Crippen molar-refractivity contribution in [2.45, 2.75) is 0 Å². The summed E-state index contributed by atoms with van der Waals surface area (Å²) in [6.45, 7) is 0. The summed E-state index contributed by atoms with van der Waals surface area (Å²) >= 11 is 0. The number of nitrogens with zero attached hydrogens (tertiary/aromatic N) is 3. The molecule has 31 heavy (non-hydrogen) atoms. The van der Waals surface area contributed by atoms with Crippen LogP contribution in [0.5, 0.6) is 5.75 Å². The number of hydrazone groups is 1. The maximum Gasteiger partial charge on any atom is 0.298 e. The number of amidine groups is 1. The molecule has 0 atom stereocenters. The van der Waals surface area contributed by atoms with Crippen LogP contribution in [0.3, 0.4) is 0 Å². The number of aliphatic imine (C=N–C) groups is 1. The van der Waals surface area contributed by atoms with Gasteiger partial charge in [-0.05, 0) is 29.8 Å². The minimum absolute atomic E-state index is 0.132. The second-order valence-corrected chi connectivity index (χ2v) is 6.99. The second kappa shape index (κ2) is 7.38. The van der Waals surface area contributed by atoms with Gasteiger partial charge < -0.3 is 10.4 Å². The summed E-state index contributed by atoms with van der Waals surface area (Å²) in [6.07, 6.45) is 1.62. The first-order valence-electron chi connectivity index (χ1n) is 9.59. The van der Waals surface area contributed by atoms with Crippen LogP contribution < -0.4 is 5.32 Å². The first kappa shape index (κ1) is 18.5. The minimum atomic E-state index is -0.448. The van der Waals surface area contributed by atoms with Crippen molar-refractivity contribution < 1.29 is 14.7 Å². The summed E-state index contributed by atoms with van der Waals surface area (Å²) in [7, 11) is 0. The van der Waals surface area contributed by atoms with Crippen LogP contribution in [0.1, 0.15) is 16.7 Å². The highest BCUT2D eigenvalue weighted by atomic mass is 16.3. The van der Waals surface area contributed by atoms with E-state index in [-0.39, 0.29) is 23.1 Å². The summed E-state index contributed by atoms with van der Waals surface area (Å²) in [4.78, 5) is 30.3. The predicted molar refractivity (Wildman–Crippen MR) is 118 cm³/mol. The summed E-state index contributed by atoms with van der Waals surface area (Å²) in [5.41, 5.74) is 3.01. The second-order valence-electron chi connectivity index (χ2n) is 6.99. The number of amides is 2. The molecule has 0 unspecified atom stereocenters. The number of aromatic hydroxyl groups is 1. The molecule has 0 aliphatic carbocycles. The lowest BCUT2D eigenvalue weighted by atomic mass is 10.1. The van der Waals surface area contributed by atoms with Crippen molar-refractivity contribution in [2.75, 3.05) is 5.32 Å². The van der Waals surface area contributed by atoms with Gasteiger partial charge in [0.1, 0.15) is 11.4 Å². The standard InChI is InChI=1S/C24H16N4O3/c29-17-12-10-15(11-13-17)14-20-24(31)28(22(25-20)16-6-2-1-3-7-16)27-21-18-8-4-5-9-19(18)26-23(21)30/h1-14,29H,(H,26,27,30). The van der Waals surface area contributed by atoms with Crippen molar-refractivity contribution in [3.8, 4) is 5.75 Å². The highest BCUT2D eigenvalue weighted by Crippen LogP contribution is 2.27. The van der Waals surface area contributed by atoms with E-state index in [1.165, 1.54) is 17.1 Å². The molecule has 3 aromatic carbocycles. The smallest absolute Gasteiger partial charge is 0.298 e. The van der Waals surface area contributed by atoms with Crippen molar-refractivity contribution in [2.24, 2.45) is 10.1 Å². The van der Waals surface area contributed by atoms with Gasteiger partial charge in [-0.2, -0.15) is 10.1 Å². The molecule has 0 saturated heterocycles. The number of hydrogen-bond donors (Lipinski definition) is 2. The van der Waals surface area contributed by atoms with Crippen LogP contribution in [0, 0.1) is 0 Å². The van der Waals surface area contributed by atoms with E-state index >= 15 is 0 Å². The average Bonchev–Trinajstić information content (AvgIpc) is 3.27. The number of phenols is 1. The van der Waals surface area contributed by atoms with Gasteiger partial charge in [0.15, 0.2) is 11.5 Å². The molecule has 0 fully saturated rings. The van der Waals surface area contributed by atoms with Crippen molar-refractivity contribution >= 4 is 35.1 Å². The lowest BCUT2D eigenvalue weighted by Gasteiger charge is -2.13. The van der Waals surface area contributed by atoms with Crippen LogP contribution in [-0.2, 0) is 9.59 Å². The lowest BCUT2D eigenvalue weighted by molar-refractivity contribution is -0.122. The van der Waals surface area contributed by atoms with Gasteiger partial charge in [0.2, 0.25) is 0 Å². The highest BCUT2D eigenvalue weighted by Gasteiger charge is 2.34. The van der Waals surface area contributed by atoms with E-state index in [0.717, 1.165) is 0 Å². The van der Waals surface area contributed by atoms with E-state index in [0.29, 0.717) is 28.2 Å². The van der Waals surface area contributed by atoms with Gasteiger partial charge >= 0.3 is 0 Å². The van der Waals surface area contributed by atoms with Crippen molar-refractivity contribution in [1.82, 2.24) is 5.01 Å². The van der Waals surface area contributed by atoms with Crippen molar-refractivity contribution in [3.63, 3.8) is 0 Å². The zero-order valence-corrected chi connectivity index (χ0v) is 16.2. The number of benzene rings is 3. The summed E-state index contributed by atoms with van der Waals surface area (Å²) in [5, 5.41) is 17.8. The molecule has 3 aromatic rings. The SMILES string of the molecule is O=C1Nc2ccccc2/C1=N/N1C(=O)C(=Cc2ccc(O)cc2)N=C1c1ccccc1. The largest absolute Gasteiger partial charge is 0.508 e. The van der Waals surface area contributed by atoms with E-state index in [1.807, 2.05) is 42.5 Å². The Balaban J connectivity index is 1.61. The van der Waals surface area contributed by atoms with Gasteiger partial charge in [-0.25, -0.2) is 4.99 Å². The van der Waals surface area contributed by atoms with Gasteiger partial charge in [-0.3, -0.25) is 9.59 Å². The highest BCUT2D eigenvalue weighted by molar-refractivity contribution is 6.54. The fourth-order valence-corrected chi connectivity index (χ4v) is 3.40. The van der Waals surface area contributed by atoms with Crippen LogP contribution in [0.2, 0.25) is 0 Å². The van der Waals surface area contributed by atoms with Crippen LogP contribution in [-0.4, -0.2) is 33.5 Å². The number of para-hydroxylation sites is 1. The van der Waals surface area contributed by atoms with Gasteiger partial charge in [0.25, 0.3) is 11.8 Å². The number of nitrogens with one attached hydrogen (secondary N) is 1. The van der Waals surface area contributed by atoms with E-state index in [2.05, 4.69) is 15.4 Å². The van der Waals surface area contributed by atoms with Crippen LogP contribution in [0.25, 0.3) is 6.08 Å². The Morgan fingerprint density at radius 2 is 1.61 bits per heavy atom. The fraction of sp³-hybridized carbons (Fsp3) is 0. The molecule has 2 amide bonds. The molecule has 0 aromatic heterocycles. The Morgan fingerprint density at radius 1 is 0.903 bits per heavy atom. The Bertz CT molecular complexity index is 1290.